The van der Waals surface area contributed by atoms with E-state index in [2.05, 4.69) is 20.4 Å². The van der Waals surface area contributed by atoms with Crippen molar-refractivity contribution in [1.29, 1.82) is 0 Å². The monoisotopic (exact) mass is 180 g/mol. The van der Waals surface area contributed by atoms with Crippen molar-refractivity contribution in [2.75, 3.05) is 0 Å². The number of Topliss-reactive ketones (excluding diaryl/α,β-unsaturated/α-hetero) is 1. The molecular weight excluding hydrogens is 160 g/mol. The van der Waals surface area contributed by atoms with Crippen LogP contribution in [0.3, 0.4) is 0 Å². The molecule has 0 aliphatic heterocycles. The summed E-state index contributed by atoms with van der Waals surface area (Å²) in [6, 6.07) is 0. The van der Waals surface area contributed by atoms with E-state index in [0.29, 0.717) is 11.7 Å². The van der Waals surface area contributed by atoms with Crippen LogP contribution in [0.25, 0.3) is 0 Å². The highest BCUT2D eigenvalue weighted by Crippen LogP contribution is 2.62. The number of ketones is 1. The van der Waals surface area contributed by atoms with Gasteiger partial charge in [-0.15, -0.1) is 0 Å². The summed E-state index contributed by atoms with van der Waals surface area (Å²) in [6.45, 7) is 14.3. The Kier molecular flexibility index (Phi) is 2.40. The van der Waals surface area contributed by atoms with Crippen LogP contribution in [0.5, 0.6) is 0 Å². The first kappa shape index (κ1) is 10.5. The quantitative estimate of drug-likeness (QED) is 0.610. The molecule has 1 saturated carbocycles. The Morgan fingerprint density at radius 2 is 1.77 bits per heavy atom. The summed E-state index contributed by atoms with van der Waals surface area (Å²) >= 11 is 0. The fourth-order valence-corrected chi connectivity index (χ4v) is 2.45. The van der Waals surface area contributed by atoms with E-state index >= 15 is 0 Å². The number of allylic oxidation sites excluding steroid dienone is 1. The molecule has 1 heteroatoms. The normalized spacial score (nSPS) is 30.3. The lowest BCUT2D eigenvalue weighted by Gasteiger charge is -2.04. The molecular formula is C12H20O. The maximum Gasteiger partial charge on any atom is 0.139 e. The summed E-state index contributed by atoms with van der Waals surface area (Å²) in [4.78, 5) is 11.8. The average Bonchev–Trinajstić information content (AvgIpc) is 2.51. The smallest absolute Gasteiger partial charge is 0.139 e. The highest BCUT2D eigenvalue weighted by atomic mass is 16.1. The Morgan fingerprint density at radius 1 is 1.31 bits per heavy atom. The summed E-state index contributed by atoms with van der Waals surface area (Å²) in [5.41, 5.74) is 1.32. The van der Waals surface area contributed by atoms with Gasteiger partial charge in [0.15, 0.2) is 0 Å². The van der Waals surface area contributed by atoms with Gasteiger partial charge in [-0.2, -0.15) is 0 Å². The van der Waals surface area contributed by atoms with E-state index in [0.717, 1.165) is 5.57 Å². The van der Waals surface area contributed by atoms with E-state index < -0.39 is 0 Å². The predicted molar refractivity (Wildman–Crippen MR) is 55.4 cm³/mol. The van der Waals surface area contributed by atoms with E-state index in [9.17, 15) is 4.79 Å². The van der Waals surface area contributed by atoms with Crippen molar-refractivity contribution in [1.82, 2.24) is 0 Å². The second-order valence-corrected chi connectivity index (χ2v) is 5.18. The third-order valence-electron chi connectivity index (χ3n) is 3.23. The van der Waals surface area contributed by atoms with Crippen molar-refractivity contribution >= 4 is 5.78 Å². The van der Waals surface area contributed by atoms with Crippen molar-refractivity contribution in [2.24, 2.45) is 23.2 Å². The fourth-order valence-electron chi connectivity index (χ4n) is 2.45. The van der Waals surface area contributed by atoms with Gasteiger partial charge in [-0.25, -0.2) is 0 Å². The van der Waals surface area contributed by atoms with Gasteiger partial charge in [0.05, 0.1) is 0 Å². The molecule has 0 spiro atoms. The van der Waals surface area contributed by atoms with Crippen LogP contribution in [-0.2, 0) is 4.79 Å². The van der Waals surface area contributed by atoms with Crippen molar-refractivity contribution in [3.8, 4) is 0 Å². The Hall–Kier alpha value is -0.590. The number of hydrogen-bond donors (Lipinski definition) is 0. The number of carbonyl (C=O) groups excluding carboxylic acids is 1. The van der Waals surface area contributed by atoms with E-state index in [1.54, 1.807) is 0 Å². The Bertz CT molecular complexity index is 248. The molecule has 1 aliphatic rings. The average molecular weight is 180 g/mol. The molecule has 0 aromatic rings. The molecule has 1 nitrogen and oxygen atoms in total. The molecule has 74 valence electrons. The molecule has 13 heavy (non-hydrogen) atoms. The Morgan fingerprint density at radius 3 is 2.00 bits per heavy atom. The maximum absolute atomic E-state index is 11.8. The van der Waals surface area contributed by atoms with Crippen molar-refractivity contribution in [2.45, 2.75) is 34.6 Å². The summed E-state index contributed by atoms with van der Waals surface area (Å²) < 4.78 is 0. The number of carbonyl (C=O) groups is 1. The second-order valence-electron chi connectivity index (χ2n) is 5.18. The zero-order valence-corrected chi connectivity index (χ0v) is 9.35. The van der Waals surface area contributed by atoms with Gasteiger partial charge in [-0.3, -0.25) is 4.79 Å². The fraction of sp³-hybridized carbons (Fsp3) is 0.750. The molecule has 1 aliphatic carbocycles. The van der Waals surface area contributed by atoms with E-state index in [4.69, 9.17) is 0 Å². The van der Waals surface area contributed by atoms with Gasteiger partial charge in [0.2, 0.25) is 0 Å². The molecule has 1 fully saturated rings. The molecule has 0 heterocycles. The first-order chi connectivity index (χ1) is 5.80. The lowest BCUT2D eigenvalue weighted by Crippen LogP contribution is -2.12. The minimum Gasteiger partial charge on any atom is -0.299 e. The lowest BCUT2D eigenvalue weighted by atomic mass is 9.99. The summed E-state index contributed by atoms with van der Waals surface area (Å²) in [6.07, 6.45) is 0. The van der Waals surface area contributed by atoms with Gasteiger partial charge < -0.3 is 0 Å². The minimum atomic E-state index is 0.160. The Balaban J connectivity index is 2.76. The third kappa shape index (κ3) is 1.56. The van der Waals surface area contributed by atoms with Gasteiger partial charge in [0, 0.05) is 11.8 Å². The molecule has 0 bridgehead atoms. The number of rotatable bonds is 3. The molecule has 0 N–H and O–H groups in total. The molecule has 2 atom stereocenters. The molecule has 0 radical (unpaired) electrons. The Labute approximate surface area is 81.2 Å². The van der Waals surface area contributed by atoms with Crippen molar-refractivity contribution < 1.29 is 4.79 Å². The standard InChI is InChI=1S/C12H20O/c1-7(2)9-10(12(9,5)6)11(13)8(3)4/h8-10H,1H2,2-6H3. The largest absolute Gasteiger partial charge is 0.299 e. The summed E-state index contributed by atoms with van der Waals surface area (Å²) in [5, 5.41) is 0. The second kappa shape index (κ2) is 2.97. The van der Waals surface area contributed by atoms with Crippen LogP contribution in [-0.4, -0.2) is 5.78 Å². The van der Waals surface area contributed by atoms with Crippen LogP contribution >= 0.6 is 0 Å². The van der Waals surface area contributed by atoms with Crippen LogP contribution in [0.4, 0.5) is 0 Å². The first-order valence-electron chi connectivity index (χ1n) is 4.99. The van der Waals surface area contributed by atoms with Crippen LogP contribution in [0.1, 0.15) is 34.6 Å². The SMILES string of the molecule is C=C(C)C1C(C(=O)C(C)C)C1(C)C. The van der Waals surface area contributed by atoms with Crippen LogP contribution < -0.4 is 0 Å². The molecule has 1 rings (SSSR count). The molecule has 0 aromatic carbocycles. The van der Waals surface area contributed by atoms with E-state index in [1.165, 1.54) is 0 Å². The summed E-state index contributed by atoms with van der Waals surface area (Å²) in [7, 11) is 0. The zero-order valence-electron chi connectivity index (χ0n) is 9.35. The predicted octanol–water partition coefficient (Wildman–Crippen LogP) is 3.06. The molecule has 0 aromatic heterocycles. The molecule has 2 unspecified atom stereocenters. The number of hydrogen-bond acceptors (Lipinski definition) is 1. The van der Waals surface area contributed by atoms with Crippen molar-refractivity contribution in [3.63, 3.8) is 0 Å². The van der Waals surface area contributed by atoms with Crippen molar-refractivity contribution in [3.05, 3.63) is 12.2 Å². The minimum absolute atomic E-state index is 0.160. The van der Waals surface area contributed by atoms with Gasteiger partial charge in [-0.1, -0.05) is 39.8 Å². The van der Waals surface area contributed by atoms with Gasteiger partial charge >= 0.3 is 0 Å². The highest BCUT2D eigenvalue weighted by molar-refractivity contribution is 5.87. The van der Waals surface area contributed by atoms with Gasteiger partial charge in [0.25, 0.3) is 0 Å². The topological polar surface area (TPSA) is 17.1 Å². The third-order valence-corrected chi connectivity index (χ3v) is 3.23. The van der Waals surface area contributed by atoms with E-state index in [-0.39, 0.29) is 17.3 Å². The van der Waals surface area contributed by atoms with Gasteiger partial charge in [-0.05, 0) is 18.3 Å². The molecule has 0 saturated heterocycles. The highest BCUT2D eigenvalue weighted by Gasteiger charge is 2.61. The molecule has 0 amide bonds. The van der Waals surface area contributed by atoms with E-state index in [1.807, 2.05) is 20.8 Å². The van der Waals surface area contributed by atoms with Crippen LogP contribution in [0, 0.1) is 23.2 Å². The van der Waals surface area contributed by atoms with Crippen LogP contribution in [0.15, 0.2) is 12.2 Å². The van der Waals surface area contributed by atoms with Crippen LogP contribution in [0.2, 0.25) is 0 Å². The lowest BCUT2D eigenvalue weighted by molar-refractivity contribution is -0.123. The summed E-state index contributed by atoms with van der Waals surface area (Å²) in [5.74, 6) is 1.21. The van der Waals surface area contributed by atoms with Gasteiger partial charge in [0.1, 0.15) is 5.78 Å². The zero-order chi connectivity index (χ0) is 10.4. The first-order valence-corrected chi connectivity index (χ1v) is 4.99. The maximum atomic E-state index is 11.8.